The molecule has 0 aliphatic heterocycles. The molecule has 0 aromatic rings. The van der Waals surface area contributed by atoms with Crippen molar-refractivity contribution in [2.75, 3.05) is 27.2 Å². The lowest BCUT2D eigenvalue weighted by Crippen LogP contribution is -2.52. The van der Waals surface area contributed by atoms with E-state index in [4.69, 9.17) is 4.74 Å². The molecule has 4 aliphatic rings. The van der Waals surface area contributed by atoms with E-state index in [0.29, 0.717) is 30.0 Å². The lowest BCUT2D eigenvalue weighted by Gasteiger charge is -2.57. The number of nitrogens with zero attached hydrogens (tertiary/aromatic N) is 1. The Morgan fingerprint density at radius 1 is 1.10 bits per heavy atom. The predicted molar refractivity (Wildman–Crippen MR) is 118 cm³/mol. The fourth-order valence-electron chi connectivity index (χ4n) is 7.42. The first-order chi connectivity index (χ1) is 14.6. The minimum absolute atomic E-state index is 0.0204. The van der Waals surface area contributed by atoms with Gasteiger partial charge in [-0.25, -0.2) is 0 Å². The van der Waals surface area contributed by atoms with Gasteiger partial charge in [-0.05, 0) is 88.3 Å². The van der Waals surface area contributed by atoms with Crippen LogP contribution in [0.4, 0.5) is 0 Å². The summed E-state index contributed by atoms with van der Waals surface area (Å²) in [7, 11) is 3.65. The van der Waals surface area contributed by atoms with Crippen LogP contribution in [0.3, 0.4) is 0 Å². The Kier molecular flexibility index (Phi) is 6.06. The van der Waals surface area contributed by atoms with E-state index in [9.17, 15) is 14.4 Å². The van der Waals surface area contributed by atoms with Crippen LogP contribution in [-0.2, 0) is 19.1 Å². The van der Waals surface area contributed by atoms with Gasteiger partial charge in [-0.1, -0.05) is 19.4 Å². The van der Waals surface area contributed by atoms with Crippen molar-refractivity contribution < 1.29 is 19.1 Å². The van der Waals surface area contributed by atoms with Gasteiger partial charge in [0.1, 0.15) is 12.6 Å². The molecular formula is C25H38N2O4. The monoisotopic (exact) mass is 430 g/mol. The largest absolute Gasteiger partial charge is 0.460 e. The smallest absolute Gasteiger partial charge is 0.325 e. The molecule has 4 aliphatic carbocycles. The fourth-order valence-corrected chi connectivity index (χ4v) is 7.42. The average Bonchev–Trinajstić information content (AvgIpc) is 3.03. The standard InChI is InChI=1S/C25H38N2O4/c1-24-11-9-17(28)13-16(24)5-6-18-19-7-8-21(25(19,2)12-10-20(18)24)31-23(30)14-26-22(29)15-27(3)4/h13,18-21H,5-12,14-15H2,1-4H3,(H,26,29)/t18-,19-,20-,21-,24-,25-/m0/s1. The number of fused-ring (bicyclic) bond motifs is 5. The average molecular weight is 431 g/mol. The molecule has 0 saturated heterocycles. The molecule has 3 saturated carbocycles. The maximum atomic E-state index is 12.5. The zero-order valence-corrected chi connectivity index (χ0v) is 19.5. The normalized spacial score (nSPS) is 39.3. The Morgan fingerprint density at radius 2 is 1.87 bits per heavy atom. The zero-order valence-electron chi connectivity index (χ0n) is 19.5. The number of hydrogen-bond acceptors (Lipinski definition) is 5. The van der Waals surface area contributed by atoms with Crippen molar-refractivity contribution in [1.29, 1.82) is 0 Å². The second-order valence-corrected chi connectivity index (χ2v) is 11.1. The Morgan fingerprint density at radius 3 is 2.61 bits per heavy atom. The summed E-state index contributed by atoms with van der Waals surface area (Å²) in [5.41, 5.74) is 1.58. The van der Waals surface area contributed by atoms with Crippen molar-refractivity contribution >= 4 is 17.7 Å². The molecule has 0 spiro atoms. The van der Waals surface area contributed by atoms with E-state index < -0.39 is 0 Å². The Bertz CT molecular complexity index is 790. The molecule has 4 rings (SSSR count). The molecule has 6 heteroatoms. The lowest BCUT2D eigenvalue weighted by molar-refractivity contribution is -0.159. The van der Waals surface area contributed by atoms with Gasteiger partial charge in [-0.3, -0.25) is 14.4 Å². The number of hydrogen-bond donors (Lipinski definition) is 1. The SMILES string of the molecule is CN(C)CC(=O)NCC(=O)O[C@H]1CC[C@H]2[C@@H]3CCC4=CC(=O)CC[C@]4(C)[C@H]3CC[C@]12C. The molecule has 0 aromatic heterocycles. The molecule has 0 bridgehead atoms. The number of ketones is 1. The maximum absolute atomic E-state index is 12.5. The van der Waals surface area contributed by atoms with Gasteiger partial charge in [0.05, 0.1) is 6.54 Å². The highest BCUT2D eigenvalue weighted by molar-refractivity contribution is 5.91. The fraction of sp³-hybridized carbons (Fsp3) is 0.800. The van der Waals surface area contributed by atoms with Crippen LogP contribution >= 0.6 is 0 Å². The quantitative estimate of drug-likeness (QED) is 0.679. The number of likely N-dealkylation sites (N-methyl/N-ethyl adjacent to an activating group) is 1. The second kappa shape index (κ2) is 8.34. The molecule has 1 N–H and O–H groups in total. The first-order valence-corrected chi connectivity index (χ1v) is 12.0. The van der Waals surface area contributed by atoms with Gasteiger partial charge in [0, 0.05) is 11.8 Å². The van der Waals surface area contributed by atoms with Crippen LogP contribution in [0.25, 0.3) is 0 Å². The molecule has 6 nitrogen and oxygen atoms in total. The van der Waals surface area contributed by atoms with Gasteiger partial charge >= 0.3 is 5.97 Å². The summed E-state index contributed by atoms with van der Waals surface area (Å²) in [5.74, 6) is 1.67. The summed E-state index contributed by atoms with van der Waals surface area (Å²) in [6.07, 6.45) is 10.0. The summed E-state index contributed by atoms with van der Waals surface area (Å²) < 4.78 is 5.94. The highest BCUT2D eigenvalue weighted by Gasteiger charge is 2.59. The summed E-state index contributed by atoms with van der Waals surface area (Å²) >= 11 is 0. The van der Waals surface area contributed by atoms with Crippen LogP contribution in [-0.4, -0.2) is 55.8 Å². The van der Waals surface area contributed by atoms with Crippen molar-refractivity contribution in [3.63, 3.8) is 0 Å². The van der Waals surface area contributed by atoms with Gasteiger partial charge in [0.25, 0.3) is 0 Å². The number of carbonyl (C=O) groups excluding carboxylic acids is 3. The van der Waals surface area contributed by atoms with Crippen LogP contribution in [0, 0.1) is 28.6 Å². The van der Waals surface area contributed by atoms with Crippen LogP contribution in [0.5, 0.6) is 0 Å². The van der Waals surface area contributed by atoms with Crippen molar-refractivity contribution in [2.24, 2.45) is 28.6 Å². The predicted octanol–water partition coefficient (Wildman–Crippen LogP) is 3.11. The molecule has 31 heavy (non-hydrogen) atoms. The second-order valence-electron chi connectivity index (χ2n) is 11.1. The van der Waals surface area contributed by atoms with E-state index in [0.717, 1.165) is 44.9 Å². The van der Waals surface area contributed by atoms with Crippen LogP contribution in [0.15, 0.2) is 11.6 Å². The van der Waals surface area contributed by atoms with Crippen molar-refractivity contribution in [3.8, 4) is 0 Å². The van der Waals surface area contributed by atoms with E-state index >= 15 is 0 Å². The molecule has 172 valence electrons. The van der Waals surface area contributed by atoms with Gasteiger partial charge in [-0.15, -0.1) is 0 Å². The number of rotatable bonds is 5. The van der Waals surface area contributed by atoms with E-state index in [2.05, 4.69) is 19.2 Å². The third kappa shape index (κ3) is 4.08. The lowest BCUT2D eigenvalue weighted by atomic mass is 9.47. The number of amides is 1. The Balaban J connectivity index is 1.40. The van der Waals surface area contributed by atoms with Gasteiger partial charge in [-0.2, -0.15) is 0 Å². The molecule has 0 radical (unpaired) electrons. The minimum atomic E-state index is -0.326. The number of ether oxygens (including phenoxy) is 1. The van der Waals surface area contributed by atoms with E-state index in [-0.39, 0.29) is 41.9 Å². The van der Waals surface area contributed by atoms with Crippen molar-refractivity contribution in [1.82, 2.24) is 10.2 Å². The minimum Gasteiger partial charge on any atom is -0.460 e. The van der Waals surface area contributed by atoms with Crippen LogP contribution in [0.2, 0.25) is 0 Å². The van der Waals surface area contributed by atoms with Gasteiger partial charge in [0.2, 0.25) is 5.91 Å². The number of nitrogens with one attached hydrogen (secondary N) is 1. The molecule has 1 amide bonds. The number of esters is 1. The first kappa shape index (κ1) is 22.5. The molecule has 6 atom stereocenters. The molecule has 3 fully saturated rings. The molecule has 0 heterocycles. The highest BCUT2D eigenvalue weighted by atomic mass is 16.5. The summed E-state index contributed by atoms with van der Waals surface area (Å²) in [4.78, 5) is 38.1. The first-order valence-electron chi connectivity index (χ1n) is 12.0. The van der Waals surface area contributed by atoms with E-state index in [1.807, 2.05) is 20.2 Å². The summed E-state index contributed by atoms with van der Waals surface area (Å²) in [6, 6.07) is 0. The maximum Gasteiger partial charge on any atom is 0.325 e. The summed E-state index contributed by atoms with van der Waals surface area (Å²) in [6.45, 7) is 4.92. The Labute approximate surface area is 186 Å². The third-order valence-electron chi connectivity index (χ3n) is 9.04. The van der Waals surface area contributed by atoms with E-state index in [1.54, 1.807) is 4.90 Å². The topological polar surface area (TPSA) is 75.7 Å². The Hall–Kier alpha value is -1.69. The van der Waals surface area contributed by atoms with Gasteiger partial charge < -0.3 is 15.0 Å². The third-order valence-corrected chi connectivity index (χ3v) is 9.04. The van der Waals surface area contributed by atoms with Gasteiger partial charge in [0.15, 0.2) is 5.78 Å². The molecule has 0 unspecified atom stereocenters. The zero-order chi connectivity index (χ0) is 22.4. The summed E-state index contributed by atoms with van der Waals surface area (Å²) in [5, 5.41) is 2.67. The molecular weight excluding hydrogens is 392 g/mol. The van der Waals surface area contributed by atoms with E-state index in [1.165, 1.54) is 5.57 Å². The van der Waals surface area contributed by atoms with Crippen molar-refractivity contribution in [2.45, 2.75) is 71.3 Å². The number of carbonyl (C=O) groups is 3. The van der Waals surface area contributed by atoms with Crippen molar-refractivity contribution in [3.05, 3.63) is 11.6 Å². The molecule has 0 aromatic carbocycles. The highest BCUT2D eigenvalue weighted by Crippen LogP contribution is 2.65. The number of allylic oxidation sites excluding steroid dienone is 1. The van der Waals surface area contributed by atoms with Crippen LogP contribution < -0.4 is 5.32 Å². The van der Waals surface area contributed by atoms with Crippen LogP contribution in [0.1, 0.15) is 65.2 Å².